The molecule has 0 aliphatic carbocycles. The second kappa shape index (κ2) is 10.3. The summed E-state index contributed by atoms with van der Waals surface area (Å²) < 4.78 is 41.1. The number of halogens is 2. The number of carbonyl (C=O) groups is 1. The zero-order valence-electron chi connectivity index (χ0n) is 21.0. The average molecular weight is 551 g/mol. The largest absolute Gasteiger partial charge is 0.483 e. The van der Waals surface area contributed by atoms with E-state index in [9.17, 15) is 18.4 Å². The molecule has 0 radical (unpaired) electrons. The lowest BCUT2D eigenvalue weighted by molar-refractivity contribution is 0.0568. The van der Waals surface area contributed by atoms with Crippen molar-refractivity contribution in [3.8, 4) is 16.3 Å². The summed E-state index contributed by atoms with van der Waals surface area (Å²) in [6, 6.07) is 12.4. The molecule has 4 heterocycles. The number of ether oxygens (including phenoxy) is 2. The SMILES string of the molecule is CCN1C(=O)c2c(OCc3ccccc3)c(=O)c(-c3nnc(Cc4ccc(F)cc4F)s3)cn2C2COCC21. The van der Waals surface area contributed by atoms with Crippen molar-refractivity contribution < 1.29 is 23.0 Å². The highest BCUT2D eigenvalue weighted by Gasteiger charge is 2.44. The zero-order valence-corrected chi connectivity index (χ0v) is 21.8. The van der Waals surface area contributed by atoms with Gasteiger partial charge in [0.2, 0.25) is 5.43 Å². The van der Waals surface area contributed by atoms with Crippen molar-refractivity contribution >= 4 is 17.2 Å². The van der Waals surface area contributed by atoms with Crippen molar-refractivity contribution in [3.05, 3.63) is 98.4 Å². The van der Waals surface area contributed by atoms with Crippen LogP contribution in [0.3, 0.4) is 0 Å². The van der Waals surface area contributed by atoms with Gasteiger partial charge in [0, 0.05) is 25.2 Å². The number of benzene rings is 2. The van der Waals surface area contributed by atoms with E-state index < -0.39 is 17.1 Å². The third-order valence-corrected chi connectivity index (χ3v) is 8.01. The van der Waals surface area contributed by atoms with Gasteiger partial charge in [-0.15, -0.1) is 10.2 Å². The monoisotopic (exact) mass is 550 g/mol. The van der Waals surface area contributed by atoms with Gasteiger partial charge in [0.05, 0.1) is 30.9 Å². The van der Waals surface area contributed by atoms with Crippen molar-refractivity contribution in [3.63, 3.8) is 0 Å². The molecule has 0 spiro atoms. The summed E-state index contributed by atoms with van der Waals surface area (Å²) in [4.78, 5) is 29.2. The second-order valence-corrected chi connectivity index (χ2v) is 10.5. The number of amides is 1. The van der Waals surface area contributed by atoms with Gasteiger partial charge in [-0.3, -0.25) is 9.59 Å². The molecule has 2 atom stereocenters. The second-order valence-electron chi connectivity index (χ2n) is 9.41. The lowest BCUT2D eigenvalue weighted by Gasteiger charge is -2.39. The standard InChI is InChI=1S/C28H24F2N4O4S/c1-2-33-21-14-37-15-22(21)34-12-19(27-32-31-23(39-27)10-17-8-9-18(29)11-20(17)30)25(35)26(24(34)28(33)36)38-13-16-6-4-3-5-7-16/h3-9,11-12,21-22H,2,10,13-15H2,1H3. The first-order chi connectivity index (χ1) is 18.9. The Balaban J connectivity index is 1.43. The molecule has 6 rings (SSSR count). The predicted molar refractivity (Wildman–Crippen MR) is 140 cm³/mol. The predicted octanol–water partition coefficient (Wildman–Crippen LogP) is 4.23. The van der Waals surface area contributed by atoms with Gasteiger partial charge in [-0.25, -0.2) is 8.78 Å². The number of aromatic nitrogens is 3. The molecule has 2 aliphatic rings. The van der Waals surface area contributed by atoms with Gasteiger partial charge in [-0.1, -0.05) is 47.7 Å². The van der Waals surface area contributed by atoms with Gasteiger partial charge >= 0.3 is 0 Å². The van der Waals surface area contributed by atoms with Crippen LogP contribution in [0.25, 0.3) is 10.6 Å². The van der Waals surface area contributed by atoms with Gasteiger partial charge < -0.3 is 18.9 Å². The van der Waals surface area contributed by atoms with E-state index in [1.165, 1.54) is 12.1 Å². The maximum Gasteiger partial charge on any atom is 0.274 e. The first kappa shape index (κ1) is 25.3. The van der Waals surface area contributed by atoms with E-state index in [1.807, 2.05) is 37.3 Å². The normalized spacial score (nSPS) is 18.2. The highest BCUT2D eigenvalue weighted by Crippen LogP contribution is 2.37. The number of rotatable bonds is 7. The molecular weight excluding hydrogens is 526 g/mol. The molecule has 2 aliphatic heterocycles. The Morgan fingerprint density at radius 1 is 1.08 bits per heavy atom. The van der Waals surface area contributed by atoms with Crippen LogP contribution < -0.4 is 10.2 Å². The van der Waals surface area contributed by atoms with Crippen molar-refractivity contribution in [2.75, 3.05) is 19.8 Å². The summed E-state index contributed by atoms with van der Waals surface area (Å²) in [7, 11) is 0. The Labute approximate surface area is 226 Å². The van der Waals surface area contributed by atoms with Crippen LogP contribution in [0.4, 0.5) is 8.78 Å². The third-order valence-electron chi connectivity index (χ3n) is 7.06. The Bertz CT molecular complexity index is 1610. The molecule has 1 fully saturated rings. The summed E-state index contributed by atoms with van der Waals surface area (Å²) >= 11 is 1.13. The van der Waals surface area contributed by atoms with Crippen LogP contribution in [0.5, 0.6) is 5.75 Å². The summed E-state index contributed by atoms with van der Waals surface area (Å²) in [6.45, 7) is 3.25. The molecule has 0 bridgehead atoms. The number of hydrogen-bond donors (Lipinski definition) is 0. The summed E-state index contributed by atoms with van der Waals surface area (Å²) in [5, 5.41) is 9.14. The number of carbonyl (C=O) groups excluding carboxylic acids is 1. The minimum Gasteiger partial charge on any atom is -0.483 e. The molecule has 200 valence electrons. The van der Waals surface area contributed by atoms with Crippen molar-refractivity contribution in [1.82, 2.24) is 19.7 Å². The molecule has 1 saturated heterocycles. The molecular formula is C28H24F2N4O4S. The Kier molecular flexibility index (Phi) is 6.69. The van der Waals surface area contributed by atoms with E-state index in [4.69, 9.17) is 9.47 Å². The first-order valence-corrected chi connectivity index (χ1v) is 13.4. The lowest BCUT2D eigenvalue weighted by atomic mass is 10.0. The molecule has 39 heavy (non-hydrogen) atoms. The molecule has 2 unspecified atom stereocenters. The van der Waals surface area contributed by atoms with E-state index in [-0.39, 0.29) is 53.6 Å². The molecule has 4 aromatic rings. The summed E-state index contributed by atoms with van der Waals surface area (Å²) in [5.74, 6) is -1.68. The van der Waals surface area contributed by atoms with Crippen LogP contribution in [-0.4, -0.2) is 51.4 Å². The molecule has 11 heteroatoms. The van der Waals surface area contributed by atoms with Crippen LogP contribution in [0, 0.1) is 11.6 Å². The van der Waals surface area contributed by atoms with Gasteiger partial charge in [0.25, 0.3) is 5.91 Å². The number of fused-ring (bicyclic) bond motifs is 3. The van der Waals surface area contributed by atoms with E-state index in [0.717, 1.165) is 23.0 Å². The van der Waals surface area contributed by atoms with E-state index in [0.29, 0.717) is 29.8 Å². The third kappa shape index (κ3) is 4.61. The smallest absolute Gasteiger partial charge is 0.274 e. The van der Waals surface area contributed by atoms with E-state index in [1.54, 1.807) is 15.7 Å². The molecule has 2 aromatic carbocycles. The Morgan fingerprint density at radius 3 is 2.64 bits per heavy atom. The fourth-order valence-corrected chi connectivity index (χ4v) is 5.99. The molecule has 2 aromatic heterocycles. The summed E-state index contributed by atoms with van der Waals surface area (Å²) in [6.07, 6.45) is 1.73. The lowest BCUT2D eigenvalue weighted by Crippen LogP contribution is -2.51. The first-order valence-electron chi connectivity index (χ1n) is 12.6. The molecule has 8 nitrogen and oxygen atoms in total. The van der Waals surface area contributed by atoms with Crippen LogP contribution in [0.1, 0.15) is 39.6 Å². The van der Waals surface area contributed by atoms with Crippen molar-refractivity contribution in [1.29, 1.82) is 0 Å². The van der Waals surface area contributed by atoms with Crippen LogP contribution in [0.2, 0.25) is 0 Å². The topological polar surface area (TPSA) is 86.5 Å². The zero-order chi connectivity index (χ0) is 27.1. The quantitative estimate of drug-likeness (QED) is 0.342. The minimum atomic E-state index is -0.677. The van der Waals surface area contributed by atoms with Gasteiger partial charge in [0.1, 0.15) is 23.2 Å². The van der Waals surface area contributed by atoms with Gasteiger partial charge in [0.15, 0.2) is 16.5 Å². The van der Waals surface area contributed by atoms with E-state index >= 15 is 0 Å². The average Bonchev–Trinajstić information content (AvgIpc) is 3.61. The number of pyridine rings is 1. The maximum atomic E-state index is 14.2. The van der Waals surface area contributed by atoms with Crippen LogP contribution >= 0.6 is 11.3 Å². The number of hydrogen-bond acceptors (Lipinski definition) is 7. The molecule has 0 N–H and O–H groups in total. The minimum absolute atomic E-state index is 0.0496. The van der Waals surface area contributed by atoms with Gasteiger partial charge in [-0.05, 0) is 24.1 Å². The fourth-order valence-electron chi connectivity index (χ4n) is 5.12. The number of likely N-dealkylation sites (N-methyl/N-ethyl adjacent to an activating group) is 1. The molecule has 1 amide bonds. The van der Waals surface area contributed by atoms with E-state index in [2.05, 4.69) is 10.2 Å². The van der Waals surface area contributed by atoms with Crippen molar-refractivity contribution in [2.45, 2.75) is 32.0 Å². The Morgan fingerprint density at radius 2 is 1.87 bits per heavy atom. The highest BCUT2D eigenvalue weighted by molar-refractivity contribution is 7.14. The molecule has 0 saturated carbocycles. The van der Waals surface area contributed by atoms with Crippen LogP contribution in [0.15, 0.2) is 59.5 Å². The van der Waals surface area contributed by atoms with Crippen LogP contribution in [-0.2, 0) is 17.8 Å². The maximum absolute atomic E-state index is 14.2. The van der Waals surface area contributed by atoms with Gasteiger partial charge in [-0.2, -0.15) is 0 Å². The summed E-state index contributed by atoms with van der Waals surface area (Å²) in [5.41, 5.74) is 1.05. The fraction of sp³-hybridized carbons (Fsp3) is 0.286. The Hall–Kier alpha value is -3.96. The highest BCUT2D eigenvalue weighted by atomic mass is 32.1. The van der Waals surface area contributed by atoms with Crippen molar-refractivity contribution in [2.24, 2.45) is 0 Å². The number of nitrogens with zero attached hydrogens (tertiary/aromatic N) is 4.